The lowest BCUT2D eigenvalue weighted by Gasteiger charge is -2.19. The van der Waals surface area contributed by atoms with Gasteiger partial charge in [0.15, 0.2) is 0 Å². The molecule has 106 valence electrons. The molecule has 0 fully saturated rings. The zero-order chi connectivity index (χ0) is 14.7. The number of halogens is 3. The summed E-state index contributed by atoms with van der Waals surface area (Å²) in [5.41, 5.74) is 11.5. The van der Waals surface area contributed by atoms with Crippen LogP contribution in [0.5, 0.6) is 0 Å². The maximum absolute atomic E-state index is 6.25. The van der Waals surface area contributed by atoms with E-state index in [2.05, 4.69) is 37.3 Å². The van der Waals surface area contributed by atoms with Crippen molar-refractivity contribution >= 4 is 49.1 Å². The Hall–Kier alpha value is -0.590. The molecular weight excluding hydrogens is 405 g/mol. The minimum Gasteiger partial charge on any atom is -0.398 e. The Bertz CT molecular complexity index is 619. The van der Waals surface area contributed by atoms with Crippen LogP contribution >= 0.6 is 43.5 Å². The molecule has 3 nitrogen and oxygen atoms in total. The lowest BCUT2D eigenvalue weighted by molar-refractivity contribution is 0.553. The summed E-state index contributed by atoms with van der Waals surface area (Å²) in [6.45, 7) is 0. The molecule has 0 saturated carbocycles. The highest BCUT2D eigenvalue weighted by Crippen LogP contribution is 2.29. The Morgan fingerprint density at radius 1 is 1.10 bits per heavy atom. The SMILES string of the molecule is NNC(Cc1ccc(Br)cc1Cl)c1cc(Br)ccc1N. The van der Waals surface area contributed by atoms with E-state index in [0.29, 0.717) is 17.1 Å². The van der Waals surface area contributed by atoms with E-state index in [1.807, 2.05) is 36.4 Å². The van der Waals surface area contributed by atoms with Gasteiger partial charge in [-0.2, -0.15) is 0 Å². The molecule has 0 saturated heterocycles. The quantitative estimate of drug-likeness (QED) is 0.395. The highest BCUT2D eigenvalue weighted by atomic mass is 79.9. The predicted octanol–water partition coefficient (Wildman–Crippen LogP) is 4.19. The first-order chi connectivity index (χ1) is 9.51. The summed E-state index contributed by atoms with van der Waals surface area (Å²) in [5, 5.41) is 0.702. The summed E-state index contributed by atoms with van der Waals surface area (Å²) < 4.78 is 1.91. The van der Waals surface area contributed by atoms with Crippen molar-refractivity contribution in [1.29, 1.82) is 0 Å². The van der Waals surface area contributed by atoms with Gasteiger partial charge in [-0.1, -0.05) is 49.5 Å². The van der Waals surface area contributed by atoms with Gasteiger partial charge in [-0.15, -0.1) is 0 Å². The Kier molecular flexibility index (Phi) is 5.46. The van der Waals surface area contributed by atoms with E-state index in [9.17, 15) is 0 Å². The van der Waals surface area contributed by atoms with E-state index in [-0.39, 0.29) is 6.04 Å². The second-order valence-electron chi connectivity index (χ2n) is 4.43. The molecule has 0 bridgehead atoms. The summed E-state index contributed by atoms with van der Waals surface area (Å²) in [5.74, 6) is 5.68. The molecule has 20 heavy (non-hydrogen) atoms. The number of nitrogens with one attached hydrogen (secondary N) is 1. The molecule has 0 aliphatic rings. The van der Waals surface area contributed by atoms with Crippen LogP contribution in [0.1, 0.15) is 17.2 Å². The van der Waals surface area contributed by atoms with Crippen LogP contribution in [0.4, 0.5) is 5.69 Å². The molecule has 6 heteroatoms. The van der Waals surface area contributed by atoms with Crippen molar-refractivity contribution in [3.63, 3.8) is 0 Å². The van der Waals surface area contributed by atoms with Gasteiger partial charge in [0.1, 0.15) is 0 Å². The van der Waals surface area contributed by atoms with Crippen molar-refractivity contribution in [3.8, 4) is 0 Å². The average molecular weight is 420 g/mol. The summed E-state index contributed by atoms with van der Waals surface area (Å²) >= 11 is 13.1. The van der Waals surface area contributed by atoms with Crippen molar-refractivity contribution in [2.45, 2.75) is 12.5 Å². The van der Waals surface area contributed by atoms with Gasteiger partial charge in [-0.05, 0) is 47.9 Å². The molecule has 1 atom stereocenters. The molecule has 0 aliphatic carbocycles. The van der Waals surface area contributed by atoms with E-state index < -0.39 is 0 Å². The topological polar surface area (TPSA) is 64.1 Å². The highest BCUT2D eigenvalue weighted by molar-refractivity contribution is 9.10. The lowest BCUT2D eigenvalue weighted by Crippen LogP contribution is -2.30. The van der Waals surface area contributed by atoms with Crippen LogP contribution < -0.4 is 17.0 Å². The molecule has 0 aromatic heterocycles. The van der Waals surface area contributed by atoms with Gasteiger partial charge in [-0.25, -0.2) is 0 Å². The van der Waals surface area contributed by atoms with E-state index in [0.717, 1.165) is 20.1 Å². The number of hydrogen-bond acceptors (Lipinski definition) is 3. The summed E-state index contributed by atoms with van der Waals surface area (Å²) in [7, 11) is 0. The average Bonchev–Trinajstić information content (AvgIpc) is 2.41. The first-order valence-corrected chi connectivity index (χ1v) is 7.92. The molecule has 5 N–H and O–H groups in total. The van der Waals surface area contributed by atoms with Crippen LogP contribution in [-0.2, 0) is 6.42 Å². The van der Waals surface area contributed by atoms with Gasteiger partial charge in [0.2, 0.25) is 0 Å². The number of hydrazine groups is 1. The monoisotopic (exact) mass is 417 g/mol. The number of anilines is 1. The fourth-order valence-corrected chi connectivity index (χ4v) is 3.14. The molecule has 2 aromatic rings. The maximum atomic E-state index is 6.25. The zero-order valence-electron chi connectivity index (χ0n) is 10.5. The van der Waals surface area contributed by atoms with Crippen LogP contribution in [0.3, 0.4) is 0 Å². The third-order valence-corrected chi connectivity index (χ3v) is 4.40. The fourth-order valence-electron chi connectivity index (χ4n) is 2.01. The van der Waals surface area contributed by atoms with Crippen LogP contribution in [0.25, 0.3) is 0 Å². The van der Waals surface area contributed by atoms with Crippen LogP contribution in [0.2, 0.25) is 5.02 Å². The zero-order valence-corrected chi connectivity index (χ0v) is 14.5. The number of hydrogen-bond donors (Lipinski definition) is 3. The Labute approximate surface area is 139 Å². The Morgan fingerprint density at radius 2 is 1.75 bits per heavy atom. The minimum absolute atomic E-state index is 0.105. The number of benzene rings is 2. The van der Waals surface area contributed by atoms with Crippen molar-refractivity contribution < 1.29 is 0 Å². The second-order valence-corrected chi connectivity index (χ2v) is 6.67. The fraction of sp³-hybridized carbons (Fsp3) is 0.143. The molecule has 1 unspecified atom stereocenters. The summed E-state index contributed by atoms with van der Waals surface area (Å²) in [6, 6.07) is 11.4. The van der Waals surface area contributed by atoms with Crippen molar-refractivity contribution in [1.82, 2.24) is 5.43 Å². The van der Waals surface area contributed by atoms with Gasteiger partial charge in [0.05, 0.1) is 6.04 Å². The minimum atomic E-state index is -0.105. The van der Waals surface area contributed by atoms with Crippen LogP contribution in [0.15, 0.2) is 45.3 Å². The van der Waals surface area contributed by atoms with Crippen molar-refractivity contribution in [2.75, 3.05) is 5.73 Å². The van der Waals surface area contributed by atoms with Gasteiger partial charge in [0, 0.05) is 19.7 Å². The van der Waals surface area contributed by atoms with Gasteiger partial charge in [0.25, 0.3) is 0 Å². The number of nitrogens with two attached hydrogens (primary N) is 2. The third kappa shape index (κ3) is 3.74. The normalized spacial score (nSPS) is 12.4. The van der Waals surface area contributed by atoms with E-state index >= 15 is 0 Å². The Balaban J connectivity index is 2.31. The second kappa shape index (κ2) is 6.91. The molecule has 0 aliphatic heterocycles. The van der Waals surface area contributed by atoms with Gasteiger partial charge < -0.3 is 5.73 Å². The molecule has 0 amide bonds. The van der Waals surface area contributed by atoms with Crippen LogP contribution in [-0.4, -0.2) is 0 Å². The van der Waals surface area contributed by atoms with E-state index in [4.69, 9.17) is 23.2 Å². The smallest absolute Gasteiger partial charge is 0.0521 e. The Morgan fingerprint density at radius 3 is 2.40 bits per heavy atom. The molecular formula is C14H14Br2ClN3. The number of rotatable bonds is 4. The molecule has 0 spiro atoms. The van der Waals surface area contributed by atoms with Gasteiger partial charge in [-0.3, -0.25) is 11.3 Å². The summed E-state index contributed by atoms with van der Waals surface area (Å²) in [4.78, 5) is 0. The molecule has 0 radical (unpaired) electrons. The highest BCUT2D eigenvalue weighted by Gasteiger charge is 2.15. The molecule has 2 aromatic carbocycles. The predicted molar refractivity (Wildman–Crippen MR) is 91.5 cm³/mol. The third-order valence-electron chi connectivity index (χ3n) is 3.06. The number of nitrogen functional groups attached to an aromatic ring is 1. The first-order valence-electron chi connectivity index (χ1n) is 5.96. The van der Waals surface area contributed by atoms with Gasteiger partial charge >= 0.3 is 0 Å². The van der Waals surface area contributed by atoms with E-state index in [1.165, 1.54) is 0 Å². The van der Waals surface area contributed by atoms with Crippen LogP contribution in [0, 0.1) is 0 Å². The molecule has 0 heterocycles. The van der Waals surface area contributed by atoms with Crippen molar-refractivity contribution in [3.05, 3.63) is 61.5 Å². The summed E-state index contributed by atoms with van der Waals surface area (Å²) in [6.07, 6.45) is 0.656. The van der Waals surface area contributed by atoms with Crippen molar-refractivity contribution in [2.24, 2.45) is 5.84 Å². The largest absolute Gasteiger partial charge is 0.398 e. The lowest BCUT2D eigenvalue weighted by atomic mass is 9.98. The first kappa shape index (κ1) is 15.8. The standard InChI is InChI=1S/C14H14Br2ClN3/c15-9-3-4-13(18)11(6-9)14(20-19)5-8-1-2-10(16)7-12(8)17/h1-4,6-7,14,20H,5,18-19H2. The maximum Gasteiger partial charge on any atom is 0.0521 e. The molecule has 2 rings (SSSR count). The van der Waals surface area contributed by atoms with E-state index in [1.54, 1.807) is 0 Å².